The molecule has 1 saturated heterocycles. The van der Waals surface area contributed by atoms with Crippen LogP contribution in [0.15, 0.2) is 24.3 Å². The van der Waals surface area contributed by atoms with Crippen LogP contribution in [0.25, 0.3) is 0 Å². The van der Waals surface area contributed by atoms with Gasteiger partial charge in [0, 0.05) is 44.1 Å². The van der Waals surface area contributed by atoms with Crippen LogP contribution in [0.2, 0.25) is 0 Å². The van der Waals surface area contributed by atoms with Crippen LogP contribution in [0.1, 0.15) is 69.8 Å². The van der Waals surface area contributed by atoms with Crippen LogP contribution in [0, 0.1) is 17.8 Å². The molecule has 4 aliphatic carbocycles. The normalized spacial score (nSPS) is 33.0. The highest BCUT2D eigenvalue weighted by Gasteiger charge is 2.73. The largest absolute Gasteiger partial charge is 0.378 e. The van der Waals surface area contributed by atoms with Crippen molar-refractivity contribution in [1.29, 1.82) is 0 Å². The van der Waals surface area contributed by atoms with E-state index in [1.165, 1.54) is 18.4 Å². The van der Waals surface area contributed by atoms with E-state index >= 15 is 0 Å². The number of alkyl halides is 2. The van der Waals surface area contributed by atoms with E-state index in [1.807, 2.05) is 12.1 Å². The zero-order valence-electron chi connectivity index (χ0n) is 21.1. The van der Waals surface area contributed by atoms with Crippen LogP contribution in [0.5, 0.6) is 0 Å². The first-order chi connectivity index (χ1) is 16.7. The van der Waals surface area contributed by atoms with E-state index in [2.05, 4.69) is 21.8 Å². The molecule has 4 saturated carbocycles. The Morgan fingerprint density at radius 2 is 1.72 bits per heavy atom. The third-order valence-electron chi connectivity index (χ3n) is 9.78. The smallest absolute Gasteiger partial charge is 0.248 e. The summed E-state index contributed by atoms with van der Waals surface area (Å²) in [6.45, 7) is 3.16. The number of nitrogens with one attached hydrogen (secondary N) is 1. The van der Waals surface area contributed by atoms with Gasteiger partial charge in [-0.1, -0.05) is 12.1 Å². The summed E-state index contributed by atoms with van der Waals surface area (Å²) in [5.41, 5.74) is 1.85. The molecular weight excluding hydrogens is 506 g/mol. The van der Waals surface area contributed by atoms with Crippen molar-refractivity contribution in [2.75, 3.05) is 31.5 Å². The summed E-state index contributed by atoms with van der Waals surface area (Å²) in [7, 11) is -1.58. The molecule has 1 aromatic rings. The zero-order valence-corrected chi connectivity index (χ0v) is 22.7. The fraction of sp³-hybridized carbons (Fsp3) is 0.778. The van der Waals surface area contributed by atoms with Gasteiger partial charge in [-0.15, -0.1) is 12.4 Å². The third-order valence-corrected chi connectivity index (χ3v) is 11.7. The molecular formula is C27H39ClF2N2O3S. The van der Waals surface area contributed by atoms with Crippen molar-refractivity contribution in [1.82, 2.24) is 4.90 Å². The quantitative estimate of drug-likeness (QED) is 0.417. The Hall–Kier alpha value is -0.960. The first kappa shape index (κ1) is 26.6. The van der Waals surface area contributed by atoms with E-state index in [0.717, 1.165) is 51.2 Å². The average molecular weight is 545 g/mol. The highest BCUT2D eigenvalue weighted by atomic mass is 35.5. The van der Waals surface area contributed by atoms with Gasteiger partial charge in [-0.05, 0) is 93.4 Å². The number of piperidine rings is 1. The number of anilines is 1. The lowest BCUT2D eigenvalue weighted by molar-refractivity contribution is -0.122. The second kappa shape index (κ2) is 9.35. The fourth-order valence-electron chi connectivity index (χ4n) is 7.49. The summed E-state index contributed by atoms with van der Waals surface area (Å²) >= 11 is 0. The van der Waals surface area contributed by atoms with Crippen LogP contribution < -0.4 is 4.72 Å². The fourth-order valence-corrected chi connectivity index (χ4v) is 8.87. The first-order valence-corrected chi connectivity index (χ1v) is 15.0. The predicted molar refractivity (Wildman–Crippen MR) is 139 cm³/mol. The molecule has 2 atom stereocenters. The molecule has 5 nitrogen and oxygen atoms in total. The lowest BCUT2D eigenvalue weighted by Gasteiger charge is -2.39. The molecule has 1 N–H and O–H groups in total. The highest BCUT2D eigenvalue weighted by Crippen LogP contribution is 2.72. The minimum absolute atomic E-state index is 0. The topological polar surface area (TPSA) is 58.6 Å². The number of methoxy groups -OCH3 is 1. The Morgan fingerprint density at radius 3 is 2.31 bits per heavy atom. The number of sulfonamides is 1. The average Bonchev–Trinajstić information content (AvgIpc) is 3.70. The van der Waals surface area contributed by atoms with Gasteiger partial charge >= 0.3 is 0 Å². The van der Waals surface area contributed by atoms with Gasteiger partial charge in [-0.2, -0.15) is 0 Å². The van der Waals surface area contributed by atoms with E-state index in [-0.39, 0.29) is 41.5 Å². The summed E-state index contributed by atoms with van der Waals surface area (Å²) in [4.78, 5) is 2.55. The van der Waals surface area contributed by atoms with E-state index in [9.17, 15) is 17.2 Å². The first-order valence-electron chi connectivity index (χ1n) is 13.5. The van der Waals surface area contributed by atoms with Gasteiger partial charge in [0.1, 0.15) is 0 Å². The van der Waals surface area contributed by atoms with Gasteiger partial charge in [0.25, 0.3) is 0 Å². The molecule has 2 unspecified atom stereocenters. The van der Waals surface area contributed by atoms with Gasteiger partial charge in [-0.25, -0.2) is 17.2 Å². The van der Waals surface area contributed by atoms with Gasteiger partial charge < -0.3 is 9.64 Å². The van der Waals surface area contributed by atoms with Crippen molar-refractivity contribution in [3.8, 4) is 0 Å². The lowest BCUT2D eigenvalue weighted by Crippen LogP contribution is -2.41. The Morgan fingerprint density at radius 1 is 1.06 bits per heavy atom. The molecule has 1 aromatic carbocycles. The van der Waals surface area contributed by atoms with Gasteiger partial charge in [0.2, 0.25) is 15.9 Å². The van der Waals surface area contributed by atoms with E-state index in [0.29, 0.717) is 30.4 Å². The van der Waals surface area contributed by atoms with Crippen molar-refractivity contribution in [3.05, 3.63) is 29.8 Å². The molecule has 202 valence electrons. The number of nitrogens with zero attached hydrogens (tertiary/aromatic N) is 1. The van der Waals surface area contributed by atoms with Crippen molar-refractivity contribution in [2.24, 2.45) is 17.8 Å². The van der Waals surface area contributed by atoms with Crippen LogP contribution in [-0.4, -0.2) is 56.8 Å². The molecule has 1 heterocycles. The number of likely N-dealkylation sites (tertiary alicyclic amines) is 1. The predicted octanol–water partition coefficient (Wildman–Crippen LogP) is 5.60. The number of fused-ring (bicyclic) bond motifs is 1. The van der Waals surface area contributed by atoms with Crippen molar-refractivity contribution < 1.29 is 21.9 Å². The number of halogens is 3. The maximum atomic E-state index is 13.6. The minimum Gasteiger partial charge on any atom is -0.378 e. The Balaban J connectivity index is 0.00000267. The zero-order chi connectivity index (χ0) is 24.5. The van der Waals surface area contributed by atoms with Crippen molar-refractivity contribution in [3.63, 3.8) is 0 Å². The molecule has 1 aliphatic heterocycles. The molecule has 5 aliphatic rings. The molecule has 0 amide bonds. The van der Waals surface area contributed by atoms with E-state index in [1.54, 1.807) is 7.11 Å². The summed E-state index contributed by atoms with van der Waals surface area (Å²) in [6.07, 6.45) is 6.68. The molecule has 36 heavy (non-hydrogen) atoms. The van der Waals surface area contributed by atoms with Crippen LogP contribution in [0.4, 0.5) is 14.5 Å². The molecule has 5 fully saturated rings. The maximum absolute atomic E-state index is 13.6. The Bertz CT molecular complexity index is 1050. The second-order valence-electron chi connectivity index (χ2n) is 12.0. The monoisotopic (exact) mass is 544 g/mol. The Labute approximate surface area is 220 Å². The SMILES string of the molecule is COC1(CCCN2CC3C(C2)C3(c2cccc(NS(=O)(=O)C3CC3)c2)C2CC2)CCC(F)(F)CC1.Cl. The number of hydrogen-bond acceptors (Lipinski definition) is 4. The summed E-state index contributed by atoms with van der Waals surface area (Å²) in [5.74, 6) is -0.542. The molecule has 0 spiro atoms. The molecule has 9 heteroatoms. The lowest BCUT2D eigenvalue weighted by atomic mass is 9.79. The molecule has 0 radical (unpaired) electrons. The van der Waals surface area contributed by atoms with Gasteiger partial charge in [-0.3, -0.25) is 4.72 Å². The number of ether oxygens (including phenoxy) is 1. The van der Waals surface area contributed by atoms with Gasteiger partial charge in [0.05, 0.1) is 10.9 Å². The van der Waals surface area contributed by atoms with E-state index < -0.39 is 15.9 Å². The summed E-state index contributed by atoms with van der Waals surface area (Å²) in [5, 5.41) is -0.222. The van der Waals surface area contributed by atoms with Gasteiger partial charge in [0.15, 0.2) is 0 Å². The Kier molecular flexibility index (Phi) is 6.92. The number of benzene rings is 1. The number of rotatable bonds is 10. The third kappa shape index (κ3) is 4.80. The highest BCUT2D eigenvalue weighted by molar-refractivity contribution is 7.93. The van der Waals surface area contributed by atoms with E-state index in [4.69, 9.17) is 4.74 Å². The minimum atomic E-state index is -3.26. The van der Waals surface area contributed by atoms with Crippen LogP contribution in [-0.2, 0) is 20.2 Å². The summed E-state index contributed by atoms with van der Waals surface area (Å²) in [6, 6.07) is 8.19. The maximum Gasteiger partial charge on any atom is 0.248 e. The molecule has 0 aromatic heterocycles. The van der Waals surface area contributed by atoms with Crippen LogP contribution >= 0.6 is 12.4 Å². The van der Waals surface area contributed by atoms with Crippen molar-refractivity contribution in [2.45, 2.75) is 86.4 Å². The second-order valence-corrected chi connectivity index (χ2v) is 13.9. The summed E-state index contributed by atoms with van der Waals surface area (Å²) < 4.78 is 60.8. The molecule has 0 bridgehead atoms. The molecule has 6 rings (SSSR count). The number of hydrogen-bond donors (Lipinski definition) is 1. The standard InChI is InChI=1S/C27H38F2N2O3S.ClH/c1-34-25(11-13-26(28,29)14-12-25)10-3-15-31-17-23-24(18-31)27(23,19-6-7-19)20-4-2-5-21(16-20)30-35(32,33)22-8-9-22;/h2,4-5,16,19,22-24,30H,3,6-15,17-18H2,1H3;1H. The van der Waals surface area contributed by atoms with Crippen LogP contribution in [0.3, 0.4) is 0 Å². The van der Waals surface area contributed by atoms with Crippen molar-refractivity contribution >= 4 is 28.1 Å².